The third kappa shape index (κ3) is 4.62. The number of methoxy groups -OCH3 is 1. The van der Waals surface area contributed by atoms with Gasteiger partial charge in [0.15, 0.2) is 11.5 Å². The molecule has 2 aromatic carbocycles. The minimum Gasteiger partial charge on any atom is -0.497 e. The molecule has 2 heterocycles. The Kier molecular flexibility index (Phi) is 6.17. The van der Waals surface area contributed by atoms with Crippen LogP contribution in [-0.4, -0.2) is 37.3 Å². The van der Waals surface area contributed by atoms with E-state index in [9.17, 15) is 4.79 Å². The topological polar surface area (TPSA) is 71.7 Å². The molecule has 0 atom stereocenters. The van der Waals surface area contributed by atoms with Gasteiger partial charge < -0.3 is 14.2 Å². The molecule has 1 amide bonds. The zero-order chi connectivity index (χ0) is 22.5. The van der Waals surface area contributed by atoms with Crippen molar-refractivity contribution in [2.45, 2.75) is 6.54 Å². The van der Waals surface area contributed by atoms with Crippen LogP contribution in [0.25, 0.3) is 11.3 Å². The SMILES string of the molecule is COc1ccc(-c2cc(C(=O)N(Cc3ccc(N(C)C)cc3)c3ccccn3)no2)cc1. The van der Waals surface area contributed by atoms with Crippen molar-refractivity contribution >= 4 is 17.4 Å². The molecule has 0 fully saturated rings. The third-order valence-corrected chi connectivity index (χ3v) is 5.07. The van der Waals surface area contributed by atoms with Crippen molar-refractivity contribution in [2.75, 3.05) is 31.0 Å². The first-order valence-corrected chi connectivity index (χ1v) is 10.2. The van der Waals surface area contributed by atoms with Crippen LogP contribution in [0.3, 0.4) is 0 Å². The number of carbonyl (C=O) groups excluding carboxylic acids is 1. The molecule has 162 valence electrons. The van der Waals surface area contributed by atoms with Crippen molar-refractivity contribution in [3.05, 3.63) is 90.3 Å². The summed E-state index contributed by atoms with van der Waals surface area (Å²) in [5.74, 6) is 1.51. The molecule has 0 aliphatic carbocycles. The van der Waals surface area contributed by atoms with E-state index in [1.807, 2.05) is 79.7 Å². The largest absolute Gasteiger partial charge is 0.497 e. The van der Waals surface area contributed by atoms with E-state index in [0.717, 1.165) is 22.6 Å². The molecule has 0 saturated carbocycles. The second-order valence-electron chi connectivity index (χ2n) is 7.45. The lowest BCUT2D eigenvalue weighted by molar-refractivity contribution is 0.0975. The average molecular weight is 428 g/mol. The highest BCUT2D eigenvalue weighted by atomic mass is 16.5. The van der Waals surface area contributed by atoms with Crippen LogP contribution in [0.4, 0.5) is 11.5 Å². The van der Waals surface area contributed by atoms with Crippen molar-refractivity contribution in [1.82, 2.24) is 10.1 Å². The Morgan fingerprint density at radius 3 is 2.38 bits per heavy atom. The van der Waals surface area contributed by atoms with E-state index < -0.39 is 0 Å². The predicted octanol–water partition coefficient (Wildman–Crippen LogP) is 4.66. The number of nitrogens with zero attached hydrogens (tertiary/aromatic N) is 4. The standard InChI is InChI=1S/C25H24N4O3/c1-28(2)20-11-7-18(8-12-20)17-29(24-6-4-5-15-26-24)25(30)22-16-23(32-27-22)19-9-13-21(31-3)14-10-19/h4-16H,17H2,1-3H3. The van der Waals surface area contributed by atoms with Gasteiger partial charge in [0.1, 0.15) is 11.6 Å². The van der Waals surface area contributed by atoms with E-state index in [0.29, 0.717) is 18.1 Å². The molecule has 0 N–H and O–H groups in total. The van der Waals surface area contributed by atoms with Gasteiger partial charge in [-0.3, -0.25) is 9.69 Å². The smallest absolute Gasteiger partial charge is 0.281 e. The van der Waals surface area contributed by atoms with Crippen LogP contribution in [0.15, 0.2) is 83.5 Å². The van der Waals surface area contributed by atoms with Crippen molar-refractivity contribution in [2.24, 2.45) is 0 Å². The monoisotopic (exact) mass is 428 g/mol. The number of pyridine rings is 1. The van der Waals surface area contributed by atoms with Gasteiger partial charge in [0, 0.05) is 37.6 Å². The molecule has 32 heavy (non-hydrogen) atoms. The maximum Gasteiger partial charge on any atom is 0.281 e. The summed E-state index contributed by atoms with van der Waals surface area (Å²) < 4.78 is 10.6. The van der Waals surface area contributed by atoms with Crippen LogP contribution >= 0.6 is 0 Å². The average Bonchev–Trinajstić information content (AvgIpc) is 3.33. The Bertz CT molecular complexity index is 1170. The number of aromatic nitrogens is 2. The predicted molar refractivity (Wildman–Crippen MR) is 124 cm³/mol. The fraction of sp³-hybridized carbons (Fsp3) is 0.160. The van der Waals surface area contributed by atoms with Crippen molar-refractivity contribution in [3.8, 4) is 17.1 Å². The van der Waals surface area contributed by atoms with Crippen LogP contribution in [0.1, 0.15) is 16.1 Å². The van der Waals surface area contributed by atoms with Gasteiger partial charge in [0.2, 0.25) is 0 Å². The summed E-state index contributed by atoms with van der Waals surface area (Å²) >= 11 is 0. The molecule has 0 radical (unpaired) electrons. The molecular weight excluding hydrogens is 404 g/mol. The minimum absolute atomic E-state index is 0.214. The highest BCUT2D eigenvalue weighted by molar-refractivity contribution is 6.04. The lowest BCUT2D eigenvalue weighted by atomic mass is 10.1. The maximum atomic E-state index is 13.4. The highest BCUT2D eigenvalue weighted by Crippen LogP contribution is 2.25. The molecule has 4 rings (SSSR count). The molecule has 7 nitrogen and oxygen atoms in total. The summed E-state index contributed by atoms with van der Waals surface area (Å²) in [6.45, 7) is 0.355. The van der Waals surface area contributed by atoms with Crippen LogP contribution in [0.5, 0.6) is 5.75 Å². The number of carbonyl (C=O) groups is 1. The lowest BCUT2D eigenvalue weighted by Gasteiger charge is -2.21. The van der Waals surface area contributed by atoms with Gasteiger partial charge in [0.25, 0.3) is 5.91 Å². The second-order valence-corrected chi connectivity index (χ2v) is 7.45. The lowest BCUT2D eigenvalue weighted by Crippen LogP contribution is -2.31. The number of rotatable bonds is 7. The molecular formula is C25H24N4O3. The summed E-state index contributed by atoms with van der Waals surface area (Å²) in [7, 11) is 5.59. The van der Waals surface area contributed by atoms with Gasteiger partial charge in [0.05, 0.1) is 13.7 Å². The Balaban J connectivity index is 1.61. The van der Waals surface area contributed by atoms with Crippen LogP contribution in [-0.2, 0) is 6.54 Å². The normalized spacial score (nSPS) is 10.6. The second kappa shape index (κ2) is 9.34. The van der Waals surface area contributed by atoms with Gasteiger partial charge in [-0.25, -0.2) is 4.98 Å². The van der Waals surface area contributed by atoms with Crippen molar-refractivity contribution < 1.29 is 14.1 Å². The number of benzene rings is 2. The van der Waals surface area contributed by atoms with E-state index >= 15 is 0 Å². The maximum absolute atomic E-state index is 13.4. The molecule has 0 aliphatic heterocycles. The molecule has 0 aliphatic rings. The molecule has 0 spiro atoms. The number of ether oxygens (including phenoxy) is 1. The molecule has 4 aromatic rings. The van der Waals surface area contributed by atoms with Gasteiger partial charge in [-0.05, 0) is 54.1 Å². The van der Waals surface area contributed by atoms with Gasteiger partial charge in [-0.2, -0.15) is 0 Å². The quantitative estimate of drug-likeness (QED) is 0.426. The summed E-state index contributed by atoms with van der Waals surface area (Å²) in [4.78, 5) is 21.4. The van der Waals surface area contributed by atoms with Gasteiger partial charge >= 0.3 is 0 Å². The van der Waals surface area contributed by atoms with Crippen molar-refractivity contribution in [3.63, 3.8) is 0 Å². The summed E-state index contributed by atoms with van der Waals surface area (Å²) in [5.41, 5.74) is 3.09. The Morgan fingerprint density at radius 1 is 1.00 bits per heavy atom. The van der Waals surface area contributed by atoms with E-state index in [-0.39, 0.29) is 11.6 Å². The fourth-order valence-corrected chi connectivity index (χ4v) is 3.26. The first kappa shape index (κ1) is 21.1. The van der Waals surface area contributed by atoms with E-state index in [1.165, 1.54) is 0 Å². The number of anilines is 2. The van der Waals surface area contributed by atoms with Crippen LogP contribution in [0.2, 0.25) is 0 Å². The zero-order valence-electron chi connectivity index (χ0n) is 18.2. The van der Waals surface area contributed by atoms with E-state index in [1.54, 1.807) is 30.3 Å². The molecule has 2 aromatic heterocycles. The Hall–Kier alpha value is -4.13. The molecule has 7 heteroatoms. The first-order chi connectivity index (χ1) is 15.5. The highest BCUT2D eigenvalue weighted by Gasteiger charge is 2.23. The van der Waals surface area contributed by atoms with Gasteiger partial charge in [-0.1, -0.05) is 23.4 Å². The fourth-order valence-electron chi connectivity index (χ4n) is 3.26. The van der Waals surface area contributed by atoms with Crippen LogP contribution in [0, 0.1) is 0 Å². The van der Waals surface area contributed by atoms with Crippen molar-refractivity contribution in [1.29, 1.82) is 0 Å². The number of amides is 1. The Morgan fingerprint density at radius 2 is 1.75 bits per heavy atom. The summed E-state index contributed by atoms with van der Waals surface area (Å²) in [6, 6.07) is 22.5. The Labute approximate surface area is 186 Å². The summed E-state index contributed by atoms with van der Waals surface area (Å²) in [5, 5.41) is 4.03. The van der Waals surface area contributed by atoms with E-state index in [2.05, 4.69) is 10.1 Å². The van der Waals surface area contributed by atoms with Crippen LogP contribution < -0.4 is 14.5 Å². The summed E-state index contributed by atoms with van der Waals surface area (Å²) in [6.07, 6.45) is 1.66. The number of hydrogen-bond donors (Lipinski definition) is 0. The molecule has 0 bridgehead atoms. The molecule has 0 saturated heterocycles. The molecule has 0 unspecified atom stereocenters. The third-order valence-electron chi connectivity index (χ3n) is 5.07. The number of hydrogen-bond acceptors (Lipinski definition) is 6. The zero-order valence-corrected chi connectivity index (χ0v) is 18.2. The van der Waals surface area contributed by atoms with E-state index in [4.69, 9.17) is 9.26 Å². The minimum atomic E-state index is -0.288. The van der Waals surface area contributed by atoms with Gasteiger partial charge in [-0.15, -0.1) is 0 Å². The first-order valence-electron chi connectivity index (χ1n) is 10.2.